The summed E-state index contributed by atoms with van der Waals surface area (Å²) in [5.41, 5.74) is 1.95. The SMILES string of the molecule is CCC[C@H](NC(=O)[C@@H]1C[C@@H](OC(=O)N2Cc3ccccc3C2)CN1C(=O)[C@@H]([NH+]=C(O)OCCc1ccccn1)C(C)(C)C)B1O[C@@H]2C[C@@H]3C[C@@H](C3(C)C)[C@]2(C)O1. The highest BCUT2D eigenvalue weighted by molar-refractivity contribution is 6.48. The van der Waals surface area contributed by atoms with E-state index in [1.807, 2.05) is 63.2 Å². The first kappa shape index (κ1) is 40.0. The molecule has 3 N–H and O–H groups in total. The standard InChI is InChI=1S/C42H58BN5O8/c1-8-13-34(43-55-33-21-28-20-32(41(28,5)6)42(33,7)56-43)45-36(49)31-22-30(54-39(52)47-23-26-14-9-10-15-27(26)24-47)25-48(31)37(50)35(40(2,3)4)46-38(51)53-19-17-29-16-11-12-18-44-29/h9-12,14-16,18,28,30-35H,8,13,17,19-25H2,1-7H3,(H,45,49)(H,46,51)/p+1/t28-,30+,31-,32-,33+,34-,35+,42-/m0/s1. The molecule has 3 saturated carbocycles. The van der Waals surface area contributed by atoms with Crippen LogP contribution in [-0.4, -0.2) is 100.0 Å². The van der Waals surface area contributed by atoms with Crippen LogP contribution in [0, 0.1) is 22.7 Å². The number of aliphatic hydroxyl groups excluding tert-OH is 1. The molecule has 56 heavy (non-hydrogen) atoms. The minimum atomic E-state index is -0.985. The van der Waals surface area contributed by atoms with Crippen LogP contribution in [0.2, 0.25) is 0 Å². The topological polar surface area (TPSA) is 154 Å². The normalized spacial score (nSPS) is 28.9. The Morgan fingerprint density at radius 3 is 2.43 bits per heavy atom. The van der Waals surface area contributed by atoms with Crippen LogP contribution in [0.1, 0.15) is 97.4 Å². The first-order valence-corrected chi connectivity index (χ1v) is 20.4. The molecule has 0 spiro atoms. The highest BCUT2D eigenvalue weighted by atomic mass is 16.7. The Balaban J connectivity index is 1.09. The van der Waals surface area contributed by atoms with Crippen molar-refractivity contribution >= 4 is 31.1 Å². The van der Waals surface area contributed by atoms with E-state index in [0.717, 1.165) is 36.1 Å². The van der Waals surface area contributed by atoms with Crippen molar-refractivity contribution in [3.05, 3.63) is 65.5 Å². The summed E-state index contributed by atoms with van der Waals surface area (Å²) in [6.07, 6.45) is 3.94. The van der Waals surface area contributed by atoms with Gasteiger partial charge in [-0.15, -0.1) is 0 Å². The average Bonchev–Trinajstić information content (AvgIpc) is 3.88. The van der Waals surface area contributed by atoms with Crippen LogP contribution in [0.15, 0.2) is 48.7 Å². The molecule has 2 saturated heterocycles. The van der Waals surface area contributed by atoms with Crippen molar-refractivity contribution in [1.29, 1.82) is 0 Å². The minimum Gasteiger partial charge on any atom is -0.444 e. The quantitative estimate of drug-likeness (QED) is 0.176. The monoisotopic (exact) mass is 772 g/mol. The lowest BCUT2D eigenvalue weighted by Gasteiger charge is -2.64. The lowest BCUT2D eigenvalue weighted by molar-refractivity contribution is -0.525. The molecule has 0 unspecified atom stereocenters. The van der Waals surface area contributed by atoms with Gasteiger partial charge in [0, 0.05) is 43.2 Å². The van der Waals surface area contributed by atoms with Gasteiger partial charge in [-0.3, -0.25) is 19.5 Å². The number of benzene rings is 1. The van der Waals surface area contributed by atoms with Crippen LogP contribution in [0.25, 0.3) is 0 Å². The second-order valence-electron chi connectivity index (χ2n) is 18.3. The number of pyridine rings is 1. The minimum absolute atomic E-state index is 0.00612. The van der Waals surface area contributed by atoms with Gasteiger partial charge < -0.3 is 34.1 Å². The molecule has 4 heterocycles. The Hall–Kier alpha value is -4.17. The second-order valence-corrected chi connectivity index (χ2v) is 18.3. The summed E-state index contributed by atoms with van der Waals surface area (Å²) >= 11 is 0. The molecule has 8 rings (SSSR count). The van der Waals surface area contributed by atoms with Gasteiger partial charge in [0.2, 0.25) is 11.9 Å². The molecule has 13 nitrogen and oxygen atoms in total. The van der Waals surface area contributed by atoms with Gasteiger partial charge in [-0.1, -0.05) is 78.3 Å². The molecule has 0 radical (unpaired) electrons. The molecule has 8 atom stereocenters. The number of carbonyl (C=O) groups excluding carboxylic acids is 3. The van der Waals surface area contributed by atoms with Crippen LogP contribution in [0.4, 0.5) is 4.79 Å². The summed E-state index contributed by atoms with van der Waals surface area (Å²) in [6, 6.07) is 11.5. The fraction of sp³-hybridized carbons (Fsp3) is 0.643. The maximum atomic E-state index is 14.6. The van der Waals surface area contributed by atoms with E-state index in [2.05, 4.69) is 43.0 Å². The van der Waals surface area contributed by atoms with E-state index in [1.165, 1.54) is 4.90 Å². The number of hydrogen-bond acceptors (Lipinski definition) is 8. The number of likely N-dealkylation sites (tertiary alicyclic amines) is 1. The number of amides is 3. The number of nitrogens with one attached hydrogen (secondary N) is 2. The number of rotatable bonds is 11. The summed E-state index contributed by atoms with van der Waals surface area (Å²) in [5, 5.41) is 14.1. The van der Waals surface area contributed by atoms with Crippen molar-refractivity contribution in [3.8, 4) is 0 Å². The van der Waals surface area contributed by atoms with Gasteiger partial charge in [-0.2, -0.15) is 4.99 Å². The third-order valence-corrected chi connectivity index (χ3v) is 13.1. The van der Waals surface area contributed by atoms with E-state index in [1.54, 1.807) is 11.1 Å². The smallest absolute Gasteiger partial charge is 0.444 e. The number of nitrogens with zero attached hydrogens (tertiary/aromatic N) is 3. The van der Waals surface area contributed by atoms with Crippen LogP contribution in [-0.2, 0) is 47.9 Å². The third-order valence-electron chi connectivity index (χ3n) is 13.1. The van der Waals surface area contributed by atoms with E-state index < -0.39 is 60.3 Å². The number of hydrogen-bond donors (Lipinski definition) is 3. The van der Waals surface area contributed by atoms with Crippen LogP contribution in [0.5, 0.6) is 0 Å². The summed E-state index contributed by atoms with van der Waals surface area (Å²) in [5.74, 6) is -0.276. The van der Waals surface area contributed by atoms with E-state index in [0.29, 0.717) is 37.8 Å². The number of ether oxygens (including phenoxy) is 2. The highest BCUT2D eigenvalue weighted by Gasteiger charge is 2.68. The van der Waals surface area contributed by atoms with Crippen molar-refractivity contribution in [2.75, 3.05) is 13.2 Å². The molecule has 6 aliphatic rings. The number of fused-ring (bicyclic) bond motifs is 1. The van der Waals surface area contributed by atoms with Crippen LogP contribution >= 0.6 is 0 Å². The first-order valence-electron chi connectivity index (χ1n) is 20.4. The Labute approximate surface area is 331 Å². The predicted molar refractivity (Wildman–Crippen MR) is 209 cm³/mol. The molecule has 302 valence electrons. The maximum Gasteiger partial charge on any atom is 0.545 e. The summed E-state index contributed by atoms with van der Waals surface area (Å²) in [4.78, 5) is 53.0. The Kier molecular flexibility index (Phi) is 11.2. The molecular formula is C42H59BN5O8+. The number of carbonyl (C=O) groups is 3. The lowest BCUT2D eigenvalue weighted by Crippen LogP contribution is -2.87. The average molecular weight is 773 g/mol. The van der Waals surface area contributed by atoms with Gasteiger partial charge in [-0.05, 0) is 66.7 Å². The molecule has 2 aromatic rings. The van der Waals surface area contributed by atoms with Crippen molar-refractivity contribution in [2.45, 2.75) is 136 Å². The van der Waals surface area contributed by atoms with Crippen molar-refractivity contribution in [2.24, 2.45) is 22.7 Å². The van der Waals surface area contributed by atoms with E-state index >= 15 is 0 Å². The van der Waals surface area contributed by atoms with Crippen LogP contribution < -0.4 is 10.3 Å². The van der Waals surface area contributed by atoms with E-state index in [4.69, 9.17) is 18.8 Å². The fourth-order valence-electron chi connectivity index (χ4n) is 9.77. The van der Waals surface area contributed by atoms with E-state index in [9.17, 15) is 19.5 Å². The zero-order chi connectivity index (χ0) is 40.0. The second kappa shape index (κ2) is 15.6. The molecule has 1 aromatic carbocycles. The zero-order valence-corrected chi connectivity index (χ0v) is 34.0. The van der Waals surface area contributed by atoms with Gasteiger partial charge in [0.1, 0.15) is 18.8 Å². The van der Waals surface area contributed by atoms with Gasteiger partial charge in [0.15, 0.2) is 0 Å². The maximum absolute atomic E-state index is 14.6. The van der Waals surface area contributed by atoms with E-state index in [-0.39, 0.29) is 37.0 Å². The molecule has 3 aliphatic carbocycles. The number of aromatic nitrogens is 1. The first-order chi connectivity index (χ1) is 26.6. The van der Waals surface area contributed by atoms with Crippen molar-refractivity contribution < 1.29 is 43.3 Å². The number of aliphatic hydroxyl groups is 1. The molecule has 3 amide bonds. The predicted octanol–water partition coefficient (Wildman–Crippen LogP) is 3.72. The molecular weight excluding hydrogens is 713 g/mol. The van der Waals surface area contributed by atoms with Gasteiger partial charge >= 0.3 is 19.3 Å². The lowest BCUT2D eigenvalue weighted by atomic mass is 9.43. The Morgan fingerprint density at radius 1 is 1.07 bits per heavy atom. The van der Waals surface area contributed by atoms with Gasteiger partial charge in [-0.25, -0.2) is 4.79 Å². The van der Waals surface area contributed by atoms with Crippen molar-refractivity contribution in [1.82, 2.24) is 20.1 Å². The molecule has 2 bridgehead atoms. The third kappa shape index (κ3) is 7.88. The Bertz CT molecular complexity index is 1780. The fourth-order valence-corrected chi connectivity index (χ4v) is 9.77. The molecule has 1 aromatic heterocycles. The zero-order valence-electron chi connectivity index (χ0n) is 34.0. The molecule has 5 fully saturated rings. The summed E-state index contributed by atoms with van der Waals surface area (Å²) < 4.78 is 25.0. The molecule has 3 aliphatic heterocycles. The largest absolute Gasteiger partial charge is 0.545 e. The van der Waals surface area contributed by atoms with Gasteiger partial charge in [0.25, 0.3) is 5.91 Å². The van der Waals surface area contributed by atoms with Crippen LogP contribution in [0.3, 0.4) is 0 Å². The summed E-state index contributed by atoms with van der Waals surface area (Å²) in [7, 11) is -0.626. The van der Waals surface area contributed by atoms with Gasteiger partial charge in [0.05, 0.1) is 24.2 Å². The highest BCUT2D eigenvalue weighted by Crippen LogP contribution is 2.65. The molecule has 14 heteroatoms. The van der Waals surface area contributed by atoms with Crippen molar-refractivity contribution in [3.63, 3.8) is 0 Å². The Morgan fingerprint density at radius 2 is 1.79 bits per heavy atom. The summed E-state index contributed by atoms with van der Waals surface area (Å²) in [6.45, 7) is 15.5.